The first-order valence-corrected chi connectivity index (χ1v) is 10.6. The number of para-hydroxylation sites is 1. The second kappa shape index (κ2) is 8.78. The molecule has 1 aromatic carbocycles. The van der Waals surface area contributed by atoms with Crippen LogP contribution < -0.4 is 5.32 Å². The van der Waals surface area contributed by atoms with Crippen molar-refractivity contribution in [1.29, 1.82) is 0 Å². The van der Waals surface area contributed by atoms with E-state index >= 15 is 0 Å². The normalized spacial score (nSPS) is 13.9. The summed E-state index contributed by atoms with van der Waals surface area (Å²) >= 11 is 8.67. The van der Waals surface area contributed by atoms with Gasteiger partial charge in [0.15, 0.2) is 0 Å². The Bertz CT molecular complexity index is 754. The lowest BCUT2D eigenvalue weighted by molar-refractivity contribution is -0.115. The Labute approximate surface area is 162 Å². The minimum atomic E-state index is -0.0320. The molecule has 0 unspecified atom stereocenters. The lowest BCUT2D eigenvalue weighted by Crippen LogP contribution is -2.23. The van der Waals surface area contributed by atoms with Crippen LogP contribution >= 0.6 is 35.3 Å². The Hall–Kier alpha value is -1.44. The van der Waals surface area contributed by atoms with Crippen LogP contribution in [0.4, 0.5) is 5.69 Å². The number of aryl methyl sites for hydroxylation is 1. The number of aromatic nitrogens is 1. The van der Waals surface area contributed by atoms with Gasteiger partial charge in [-0.15, -0.1) is 11.3 Å². The minimum absolute atomic E-state index is 0.0320. The number of likely N-dealkylation sites (tertiary alicyclic amines) is 1. The van der Waals surface area contributed by atoms with Gasteiger partial charge in [0.25, 0.3) is 0 Å². The monoisotopic (exact) mass is 391 g/mol. The molecule has 1 aromatic heterocycles. The van der Waals surface area contributed by atoms with Crippen molar-refractivity contribution in [2.45, 2.75) is 31.9 Å². The highest BCUT2D eigenvalue weighted by molar-refractivity contribution is 8.22. The van der Waals surface area contributed by atoms with E-state index in [1.165, 1.54) is 24.2 Å². The number of rotatable bonds is 5. The minimum Gasteiger partial charge on any atom is -0.358 e. The molecule has 3 rings (SSSR count). The quantitative estimate of drug-likeness (QED) is 0.772. The van der Waals surface area contributed by atoms with Crippen molar-refractivity contribution in [3.8, 4) is 0 Å². The van der Waals surface area contributed by atoms with Gasteiger partial charge in [-0.1, -0.05) is 42.2 Å². The molecule has 0 atom stereocenters. The van der Waals surface area contributed by atoms with E-state index < -0.39 is 0 Å². The molecule has 7 heteroatoms. The second-order valence-electron chi connectivity index (χ2n) is 6.02. The predicted octanol–water partition coefficient (Wildman–Crippen LogP) is 4.25. The summed E-state index contributed by atoms with van der Waals surface area (Å²) in [5, 5.41) is 5.82. The molecular formula is C18H21N3OS3. The highest BCUT2D eigenvalue weighted by atomic mass is 32.2. The zero-order valence-corrected chi connectivity index (χ0v) is 16.6. The largest absolute Gasteiger partial charge is 0.358 e. The predicted molar refractivity (Wildman–Crippen MR) is 110 cm³/mol. The topological polar surface area (TPSA) is 45.2 Å². The molecule has 0 radical (unpaired) electrons. The van der Waals surface area contributed by atoms with Crippen molar-refractivity contribution in [2.75, 3.05) is 18.4 Å². The summed E-state index contributed by atoms with van der Waals surface area (Å²) in [5.41, 5.74) is 2.91. The fourth-order valence-corrected chi connectivity index (χ4v) is 4.71. The van der Waals surface area contributed by atoms with Crippen LogP contribution in [0.25, 0.3) is 0 Å². The Balaban J connectivity index is 1.48. The summed E-state index contributed by atoms with van der Waals surface area (Å²) in [5.74, 6) is 0.737. The summed E-state index contributed by atoms with van der Waals surface area (Å²) in [7, 11) is 0. The first-order valence-electron chi connectivity index (χ1n) is 8.32. The van der Waals surface area contributed by atoms with Gasteiger partial charge < -0.3 is 10.2 Å². The summed E-state index contributed by atoms with van der Waals surface area (Å²) in [6, 6.07) is 7.78. The van der Waals surface area contributed by atoms with Gasteiger partial charge in [0, 0.05) is 29.9 Å². The number of anilines is 1. The molecule has 0 bridgehead atoms. The molecule has 4 nitrogen and oxygen atoms in total. The molecule has 1 saturated heterocycles. The van der Waals surface area contributed by atoms with E-state index in [4.69, 9.17) is 12.2 Å². The number of carbonyl (C=O) groups is 1. The van der Waals surface area contributed by atoms with Crippen molar-refractivity contribution < 1.29 is 4.79 Å². The van der Waals surface area contributed by atoms with Gasteiger partial charge in [-0.2, -0.15) is 0 Å². The van der Waals surface area contributed by atoms with E-state index in [1.807, 2.05) is 36.6 Å². The number of amides is 1. The third-order valence-electron chi connectivity index (χ3n) is 4.04. The van der Waals surface area contributed by atoms with E-state index in [-0.39, 0.29) is 5.91 Å². The van der Waals surface area contributed by atoms with Gasteiger partial charge in [0.05, 0.1) is 12.1 Å². The van der Waals surface area contributed by atoms with Crippen molar-refractivity contribution >= 4 is 51.2 Å². The Morgan fingerprint density at radius 2 is 2.12 bits per heavy atom. The molecule has 1 aliphatic heterocycles. The SMILES string of the molecule is Cc1ccccc1NC(=O)Cc1nc(CSC(=S)N2CCCC2)cs1. The van der Waals surface area contributed by atoms with Crippen LogP contribution in [0.1, 0.15) is 29.1 Å². The maximum atomic E-state index is 12.2. The number of hydrogen-bond donors (Lipinski definition) is 1. The maximum Gasteiger partial charge on any atom is 0.231 e. The van der Waals surface area contributed by atoms with Crippen molar-refractivity contribution in [3.05, 3.63) is 45.9 Å². The van der Waals surface area contributed by atoms with Gasteiger partial charge in [-0.05, 0) is 31.4 Å². The van der Waals surface area contributed by atoms with E-state index in [0.29, 0.717) is 6.42 Å². The van der Waals surface area contributed by atoms with Crippen LogP contribution in [0.2, 0.25) is 0 Å². The van der Waals surface area contributed by atoms with Gasteiger partial charge in [0.1, 0.15) is 9.33 Å². The smallest absolute Gasteiger partial charge is 0.231 e. The fraction of sp³-hybridized carbons (Fsp3) is 0.389. The molecular weight excluding hydrogens is 370 g/mol. The third kappa shape index (κ3) is 5.26. The van der Waals surface area contributed by atoms with E-state index in [9.17, 15) is 4.79 Å². The van der Waals surface area contributed by atoms with Gasteiger partial charge >= 0.3 is 0 Å². The van der Waals surface area contributed by atoms with Crippen LogP contribution in [0.15, 0.2) is 29.6 Å². The molecule has 0 spiro atoms. The average Bonchev–Trinajstić information content (AvgIpc) is 3.26. The van der Waals surface area contributed by atoms with Crippen molar-refractivity contribution in [3.63, 3.8) is 0 Å². The van der Waals surface area contributed by atoms with Crippen molar-refractivity contribution in [2.24, 2.45) is 0 Å². The summed E-state index contributed by atoms with van der Waals surface area (Å²) in [4.78, 5) is 19.0. The van der Waals surface area contributed by atoms with E-state index in [2.05, 4.69) is 15.2 Å². The van der Waals surface area contributed by atoms with Gasteiger partial charge in [0.2, 0.25) is 5.91 Å². The molecule has 0 aliphatic carbocycles. The van der Waals surface area contributed by atoms with Crippen LogP contribution in [-0.4, -0.2) is 33.2 Å². The molecule has 2 aromatic rings. The number of nitrogens with one attached hydrogen (secondary N) is 1. The lowest BCUT2D eigenvalue weighted by atomic mass is 10.2. The number of carbonyl (C=O) groups excluding carboxylic acids is 1. The fourth-order valence-electron chi connectivity index (χ4n) is 2.67. The van der Waals surface area contributed by atoms with Crippen LogP contribution in [0, 0.1) is 6.92 Å². The third-order valence-corrected chi connectivity index (χ3v) is 6.49. The first-order chi connectivity index (χ1) is 12.1. The summed E-state index contributed by atoms with van der Waals surface area (Å²) in [6.45, 7) is 4.14. The summed E-state index contributed by atoms with van der Waals surface area (Å²) in [6.07, 6.45) is 2.77. The summed E-state index contributed by atoms with van der Waals surface area (Å²) < 4.78 is 0.962. The Morgan fingerprint density at radius 1 is 1.36 bits per heavy atom. The van der Waals surface area contributed by atoms with Crippen molar-refractivity contribution in [1.82, 2.24) is 9.88 Å². The van der Waals surface area contributed by atoms with Gasteiger partial charge in [-0.3, -0.25) is 4.79 Å². The number of hydrogen-bond acceptors (Lipinski definition) is 5. The molecule has 1 N–H and O–H groups in total. The maximum absolute atomic E-state index is 12.2. The number of benzene rings is 1. The molecule has 25 heavy (non-hydrogen) atoms. The first kappa shape index (κ1) is 18.4. The second-order valence-corrected chi connectivity index (χ2v) is 8.57. The molecule has 132 valence electrons. The van der Waals surface area contributed by atoms with Gasteiger partial charge in [-0.25, -0.2) is 4.98 Å². The highest BCUT2D eigenvalue weighted by Gasteiger charge is 2.16. The van der Waals surface area contributed by atoms with E-state index in [1.54, 1.807) is 11.8 Å². The van der Waals surface area contributed by atoms with Crippen LogP contribution in [-0.2, 0) is 17.0 Å². The molecule has 1 amide bonds. The van der Waals surface area contributed by atoms with Crippen LogP contribution in [0.5, 0.6) is 0 Å². The van der Waals surface area contributed by atoms with E-state index in [0.717, 1.165) is 45.1 Å². The molecule has 1 aliphatic rings. The number of thiocarbonyl (C=S) groups is 1. The average molecular weight is 392 g/mol. The zero-order valence-electron chi connectivity index (χ0n) is 14.2. The standard InChI is InChI=1S/C18H21N3OS3/c1-13-6-2-3-7-15(13)20-16(22)10-17-19-14(11-24-17)12-25-18(23)21-8-4-5-9-21/h2-3,6-7,11H,4-5,8-10,12H2,1H3,(H,20,22). The number of thioether (sulfide) groups is 1. The molecule has 2 heterocycles. The van der Waals surface area contributed by atoms with Crippen LogP contribution in [0.3, 0.4) is 0 Å². The number of thiazole rings is 1. The Morgan fingerprint density at radius 3 is 2.88 bits per heavy atom. The molecule has 0 saturated carbocycles. The number of nitrogens with zero attached hydrogens (tertiary/aromatic N) is 2. The Kier molecular flexibility index (Phi) is 6.45. The molecule has 1 fully saturated rings. The zero-order chi connectivity index (χ0) is 17.6. The lowest BCUT2D eigenvalue weighted by Gasteiger charge is -2.16. The highest BCUT2D eigenvalue weighted by Crippen LogP contribution is 2.22.